The van der Waals surface area contributed by atoms with E-state index in [4.69, 9.17) is 10.3 Å². The van der Waals surface area contributed by atoms with E-state index in [0.717, 1.165) is 10.1 Å². The van der Waals surface area contributed by atoms with Crippen molar-refractivity contribution in [2.45, 2.75) is 32.5 Å². The predicted octanol–water partition coefficient (Wildman–Crippen LogP) is 2.84. The Morgan fingerprint density at radius 2 is 1.94 bits per heavy atom. The van der Waals surface area contributed by atoms with Gasteiger partial charge in [-0.1, -0.05) is 41.6 Å². The number of benzene rings is 2. The predicted molar refractivity (Wildman–Crippen MR) is 122 cm³/mol. The van der Waals surface area contributed by atoms with Gasteiger partial charge in [0.25, 0.3) is 5.56 Å². The van der Waals surface area contributed by atoms with E-state index < -0.39 is 29.8 Å². The number of aryl methyl sites for hydroxylation is 1. The van der Waals surface area contributed by atoms with Crippen LogP contribution in [-0.4, -0.2) is 26.7 Å². The second-order valence-corrected chi connectivity index (χ2v) is 7.81. The zero-order valence-corrected chi connectivity index (χ0v) is 18.2. The molecule has 0 saturated carbocycles. The number of alkyl halides is 2. The summed E-state index contributed by atoms with van der Waals surface area (Å²) in [5.41, 5.74) is 6.85. The summed E-state index contributed by atoms with van der Waals surface area (Å²) >= 11 is 0. The van der Waals surface area contributed by atoms with Crippen LogP contribution >= 0.6 is 0 Å². The maximum absolute atomic E-state index is 14.5. The lowest BCUT2D eigenvalue weighted by Gasteiger charge is -2.19. The molecule has 11 heteroatoms. The van der Waals surface area contributed by atoms with Gasteiger partial charge in [0.15, 0.2) is 17.2 Å². The molecule has 0 bridgehead atoms. The van der Waals surface area contributed by atoms with E-state index in [0.29, 0.717) is 22.2 Å². The number of amides is 1. The van der Waals surface area contributed by atoms with Crippen LogP contribution in [0.4, 0.5) is 20.4 Å². The first-order chi connectivity index (χ1) is 16.2. The zero-order chi connectivity index (χ0) is 24.3. The first kappa shape index (κ1) is 22.9. The van der Waals surface area contributed by atoms with Gasteiger partial charge < -0.3 is 20.9 Å². The van der Waals surface area contributed by atoms with Gasteiger partial charge in [-0.2, -0.15) is 8.78 Å². The first-order valence-electron chi connectivity index (χ1n) is 10.4. The number of nitrogens with zero attached hydrogens (tertiary/aromatic N) is 3. The minimum absolute atomic E-state index is 0.161. The van der Waals surface area contributed by atoms with Crippen molar-refractivity contribution in [3.05, 3.63) is 81.9 Å². The third kappa shape index (κ3) is 5.20. The van der Waals surface area contributed by atoms with Gasteiger partial charge in [-0.15, -0.1) is 0 Å². The molecule has 1 amide bonds. The van der Waals surface area contributed by atoms with Gasteiger partial charge in [0.2, 0.25) is 5.91 Å². The van der Waals surface area contributed by atoms with Crippen LogP contribution in [0.15, 0.2) is 64.0 Å². The molecule has 0 aliphatic heterocycles. The first-order valence-corrected chi connectivity index (χ1v) is 10.4. The van der Waals surface area contributed by atoms with Crippen molar-refractivity contribution in [2.24, 2.45) is 0 Å². The van der Waals surface area contributed by atoms with Gasteiger partial charge in [-0.3, -0.25) is 14.2 Å². The molecule has 0 saturated heterocycles. The van der Waals surface area contributed by atoms with E-state index >= 15 is 0 Å². The molecule has 9 nitrogen and oxygen atoms in total. The highest BCUT2D eigenvalue weighted by Gasteiger charge is 2.31. The largest absolute Gasteiger partial charge is 0.380 e. The van der Waals surface area contributed by atoms with Crippen LogP contribution < -0.4 is 21.9 Å². The molecule has 0 fully saturated rings. The van der Waals surface area contributed by atoms with Crippen LogP contribution in [0.3, 0.4) is 0 Å². The number of nitrogens with one attached hydrogen (secondary N) is 2. The highest BCUT2D eigenvalue weighted by Crippen LogP contribution is 2.22. The van der Waals surface area contributed by atoms with E-state index in [1.165, 1.54) is 6.20 Å². The third-order valence-electron chi connectivity index (χ3n) is 5.18. The number of carbonyl (C=O) groups excluding carboxylic acids is 1. The van der Waals surface area contributed by atoms with Crippen molar-refractivity contribution >= 4 is 28.5 Å². The van der Waals surface area contributed by atoms with Crippen LogP contribution in [0.2, 0.25) is 0 Å². The molecule has 176 valence electrons. The molecule has 4 aromatic rings. The Hall–Kier alpha value is -4.28. The van der Waals surface area contributed by atoms with Crippen LogP contribution in [-0.2, 0) is 24.3 Å². The minimum Gasteiger partial charge on any atom is -0.380 e. The van der Waals surface area contributed by atoms with Crippen LogP contribution in [0.5, 0.6) is 0 Å². The van der Waals surface area contributed by atoms with Crippen molar-refractivity contribution in [1.82, 2.24) is 20.0 Å². The number of carbonyl (C=O) groups is 1. The molecule has 4 rings (SSSR count). The second-order valence-electron chi connectivity index (χ2n) is 7.81. The van der Waals surface area contributed by atoms with E-state index in [-0.39, 0.29) is 18.9 Å². The summed E-state index contributed by atoms with van der Waals surface area (Å²) in [4.78, 5) is 29.1. The number of rotatable bonds is 8. The maximum Gasteiger partial charge on any atom is 0.328 e. The fraction of sp³-hybridized carbons (Fsp3) is 0.217. The zero-order valence-electron chi connectivity index (χ0n) is 18.2. The topological polar surface area (TPSA) is 128 Å². The van der Waals surface area contributed by atoms with E-state index in [1.807, 2.05) is 5.32 Å². The van der Waals surface area contributed by atoms with Crippen molar-refractivity contribution < 1.29 is 18.1 Å². The van der Waals surface area contributed by atoms with Crippen LogP contribution in [0.25, 0.3) is 11.0 Å². The molecule has 4 N–H and O–H groups in total. The summed E-state index contributed by atoms with van der Waals surface area (Å²) in [6, 6.07) is 9.94. The van der Waals surface area contributed by atoms with Gasteiger partial charge >= 0.3 is 6.05 Å². The number of anilines is 2. The molecule has 2 heterocycles. The van der Waals surface area contributed by atoms with Gasteiger partial charge in [-0.25, -0.2) is 4.98 Å². The van der Waals surface area contributed by atoms with Crippen molar-refractivity contribution in [2.75, 3.05) is 11.1 Å². The lowest BCUT2D eigenvalue weighted by molar-refractivity contribution is -0.121. The Bertz CT molecular complexity index is 1380. The Balaban J connectivity index is 1.43. The molecule has 0 unspecified atom stereocenters. The molecule has 0 aliphatic rings. The van der Waals surface area contributed by atoms with E-state index in [2.05, 4.69) is 15.5 Å². The smallest absolute Gasteiger partial charge is 0.328 e. The van der Waals surface area contributed by atoms with Crippen molar-refractivity contribution in [1.29, 1.82) is 0 Å². The summed E-state index contributed by atoms with van der Waals surface area (Å²) in [6.07, 6.45) is 0.641. The van der Waals surface area contributed by atoms with Crippen LogP contribution in [0.1, 0.15) is 16.8 Å². The standard InChI is InChI=1S/C23H22F2N6O3/c1-14-11-28-21(29-23(24,25)10-15-5-3-2-4-6-15)22(33)31(14)13-19(32)27-12-16-7-8-17-18(9-16)34-30-20(17)26/h2-9,11H,10,12-13H2,1H3,(H2,26,30)(H,27,32)(H,28,29). The van der Waals surface area contributed by atoms with Crippen molar-refractivity contribution in [3.8, 4) is 0 Å². The van der Waals surface area contributed by atoms with Gasteiger partial charge in [0, 0.05) is 18.4 Å². The Kier molecular flexibility index (Phi) is 6.26. The number of hydrogen-bond donors (Lipinski definition) is 3. The molecule has 0 radical (unpaired) electrons. The summed E-state index contributed by atoms with van der Waals surface area (Å²) < 4.78 is 35.2. The van der Waals surface area contributed by atoms with E-state index in [9.17, 15) is 18.4 Å². The molecule has 2 aromatic heterocycles. The molecule has 34 heavy (non-hydrogen) atoms. The Labute approximate surface area is 192 Å². The maximum atomic E-state index is 14.5. The van der Waals surface area contributed by atoms with Crippen LogP contribution in [0, 0.1) is 6.92 Å². The summed E-state index contributed by atoms with van der Waals surface area (Å²) in [6.45, 7) is 1.37. The van der Waals surface area contributed by atoms with Gasteiger partial charge in [-0.05, 0) is 30.2 Å². The van der Waals surface area contributed by atoms with E-state index in [1.54, 1.807) is 55.5 Å². The summed E-state index contributed by atoms with van der Waals surface area (Å²) in [7, 11) is 0. The number of nitrogen functional groups attached to an aromatic ring is 1. The fourth-order valence-corrected chi connectivity index (χ4v) is 3.43. The highest BCUT2D eigenvalue weighted by molar-refractivity contribution is 5.87. The molecular weight excluding hydrogens is 446 g/mol. The quantitative estimate of drug-likeness (QED) is 0.339. The molecular formula is C23H22F2N6O3. The molecule has 0 atom stereocenters. The SMILES string of the molecule is Cc1cnc(NC(F)(F)Cc2ccccc2)c(=O)n1CC(=O)NCc1ccc2c(N)noc2c1. The van der Waals surface area contributed by atoms with Gasteiger partial charge in [0.05, 0.1) is 11.8 Å². The Morgan fingerprint density at radius 3 is 2.71 bits per heavy atom. The summed E-state index contributed by atoms with van der Waals surface area (Å²) in [5, 5.41) is 8.95. The summed E-state index contributed by atoms with van der Waals surface area (Å²) in [5.74, 6) is -0.736. The average molecular weight is 468 g/mol. The molecule has 0 spiro atoms. The number of halogens is 2. The normalized spacial score (nSPS) is 11.5. The lowest BCUT2D eigenvalue weighted by atomic mass is 10.1. The third-order valence-corrected chi connectivity index (χ3v) is 5.18. The number of nitrogens with two attached hydrogens (primary N) is 1. The lowest BCUT2D eigenvalue weighted by Crippen LogP contribution is -2.38. The fourth-order valence-electron chi connectivity index (χ4n) is 3.43. The Morgan fingerprint density at radius 1 is 1.18 bits per heavy atom. The second kappa shape index (κ2) is 9.30. The van der Waals surface area contributed by atoms with Crippen molar-refractivity contribution in [3.63, 3.8) is 0 Å². The number of hydrogen-bond acceptors (Lipinski definition) is 7. The average Bonchev–Trinajstić information content (AvgIpc) is 3.17. The van der Waals surface area contributed by atoms with Gasteiger partial charge in [0.1, 0.15) is 6.54 Å². The number of fused-ring (bicyclic) bond motifs is 1. The number of aromatic nitrogens is 3. The molecule has 2 aromatic carbocycles. The monoisotopic (exact) mass is 468 g/mol. The molecule has 0 aliphatic carbocycles. The highest BCUT2D eigenvalue weighted by atomic mass is 19.3. The minimum atomic E-state index is -3.41.